The van der Waals surface area contributed by atoms with Gasteiger partial charge in [0.25, 0.3) is 0 Å². The zero-order chi connectivity index (χ0) is 19.4. The van der Waals surface area contributed by atoms with E-state index in [2.05, 4.69) is 4.90 Å². The first-order valence-electron chi connectivity index (χ1n) is 9.18. The van der Waals surface area contributed by atoms with Gasteiger partial charge >= 0.3 is 0 Å². The van der Waals surface area contributed by atoms with E-state index in [-0.39, 0.29) is 23.2 Å². The molecular formula is C22H24FNO3. The van der Waals surface area contributed by atoms with Gasteiger partial charge in [0.05, 0.1) is 7.11 Å². The Kier molecular flexibility index (Phi) is 6.01. The molecule has 0 amide bonds. The average molecular weight is 369 g/mol. The number of carbonyl (C=O) groups is 2. The van der Waals surface area contributed by atoms with Crippen LogP contribution in [0.15, 0.2) is 42.5 Å². The standard InChI is InChI=1S/C22H24FNO3/c1-15(25)17-6-3-5-16(11-17)13-24-10-4-7-19(14-24)22(26)18-8-9-21(27-2)20(23)12-18/h3,5-6,8-9,11-12,19H,4,7,10,13-14H2,1-2H3/t19-/m1/s1. The van der Waals surface area contributed by atoms with Crippen LogP contribution in [0.2, 0.25) is 0 Å². The maximum Gasteiger partial charge on any atom is 0.167 e. The third kappa shape index (κ3) is 4.61. The number of methoxy groups -OCH3 is 1. The van der Waals surface area contributed by atoms with Crippen molar-refractivity contribution in [2.24, 2.45) is 5.92 Å². The normalized spacial score (nSPS) is 17.5. The zero-order valence-corrected chi connectivity index (χ0v) is 15.7. The number of likely N-dealkylation sites (tertiary alicyclic amines) is 1. The highest BCUT2D eigenvalue weighted by Crippen LogP contribution is 2.25. The first-order valence-corrected chi connectivity index (χ1v) is 9.18. The summed E-state index contributed by atoms with van der Waals surface area (Å²) in [6.45, 7) is 3.80. The van der Waals surface area contributed by atoms with Crippen molar-refractivity contribution in [2.45, 2.75) is 26.3 Å². The van der Waals surface area contributed by atoms with Gasteiger partial charge in [0.1, 0.15) is 0 Å². The van der Waals surface area contributed by atoms with Gasteiger partial charge in [0, 0.05) is 30.1 Å². The predicted molar refractivity (Wildman–Crippen MR) is 102 cm³/mol. The van der Waals surface area contributed by atoms with Crippen LogP contribution in [0.3, 0.4) is 0 Å². The average Bonchev–Trinajstić information content (AvgIpc) is 2.67. The summed E-state index contributed by atoms with van der Waals surface area (Å²) >= 11 is 0. The van der Waals surface area contributed by atoms with Gasteiger partial charge in [-0.1, -0.05) is 18.2 Å². The predicted octanol–water partition coefficient (Wildman–Crippen LogP) is 4.13. The Morgan fingerprint density at radius 1 is 1.19 bits per heavy atom. The third-order valence-electron chi connectivity index (χ3n) is 5.05. The summed E-state index contributed by atoms with van der Waals surface area (Å²) in [6.07, 6.45) is 1.72. The smallest absolute Gasteiger partial charge is 0.167 e. The molecule has 0 aliphatic carbocycles. The number of benzene rings is 2. The summed E-state index contributed by atoms with van der Waals surface area (Å²) < 4.78 is 18.8. The van der Waals surface area contributed by atoms with Crippen molar-refractivity contribution in [3.05, 3.63) is 65.0 Å². The molecule has 1 aliphatic rings. The van der Waals surface area contributed by atoms with E-state index in [0.29, 0.717) is 24.2 Å². The van der Waals surface area contributed by atoms with Crippen LogP contribution in [0.5, 0.6) is 5.75 Å². The molecule has 0 spiro atoms. The van der Waals surface area contributed by atoms with Gasteiger partial charge in [-0.05, 0) is 56.1 Å². The number of halogens is 1. The molecule has 1 saturated heterocycles. The van der Waals surface area contributed by atoms with Crippen LogP contribution in [0.1, 0.15) is 46.0 Å². The largest absolute Gasteiger partial charge is 0.494 e. The molecular weight excluding hydrogens is 345 g/mol. The molecule has 0 saturated carbocycles. The number of carbonyl (C=O) groups excluding carboxylic acids is 2. The molecule has 4 nitrogen and oxygen atoms in total. The molecule has 3 rings (SSSR count). The molecule has 27 heavy (non-hydrogen) atoms. The van der Waals surface area contributed by atoms with Crippen molar-refractivity contribution in [2.75, 3.05) is 20.2 Å². The van der Waals surface area contributed by atoms with Gasteiger partial charge in [0.2, 0.25) is 0 Å². The second kappa shape index (κ2) is 8.44. The van der Waals surface area contributed by atoms with E-state index in [4.69, 9.17) is 4.74 Å². The first kappa shape index (κ1) is 19.2. The fourth-order valence-electron chi connectivity index (χ4n) is 3.62. The Morgan fingerprint density at radius 3 is 2.70 bits per heavy atom. The van der Waals surface area contributed by atoms with Crippen molar-refractivity contribution in [1.82, 2.24) is 4.90 Å². The Bertz CT molecular complexity index is 849. The van der Waals surface area contributed by atoms with Crippen molar-refractivity contribution in [3.8, 4) is 5.75 Å². The van der Waals surface area contributed by atoms with E-state index in [0.717, 1.165) is 24.9 Å². The Hall–Kier alpha value is -2.53. The van der Waals surface area contributed by atoms with Crippen LogP contribution in [-0.2, 0) is 6.54 Å². The Balaban J connectivity index is 1.68. The van der Waals surface area contributed by atoms with Crippen LogP contribution in [0, 0.1) is 11.7 Å². The minimum Gasteiger partial charge on any atom is -0.494 e. The van der Waals surface area contributed by atoms with Gasteiger partial charge in [0.15, 0.2) is 23.1 Å². The molecule has 1 heterocycles. The fourth-order valence-corrected chi connectivity index (χ4v) is 3.62. The molecule has 0 aromatic heterocycles. The van der Waals surface area contributed by atoms with Crippen LogP contribution < -0.4 is 4.74 Å². The molecule has 1 aliphatic heterocycles. The van der Waals surface area contributed by atoms with E-state index in [1.165, 1.54) is 19.2 Å². The van der Waals surface area contributed by atoms with Crippen LogP contribution in [0.4, 0.5) is 4.39 Å². The molecule has 1 fully saturated rings. The lowest BCUT2D eigenvalue weighted by Gasteiger charge is -2.32. The molecule has 0 radical (unpaired) electrons. The molecule has 0 N–H and O–H groups in total. The molecule has 0 bridgehead atoms. The van der Waals surface area contributed by atoms with Crippen molar-refractivity contribution in [3.63, 3.8) is 0 Å². The lowest BCUT2D eigenvalue weighted by atomic mass is 9.89. The van der Waals surface area contributed by atoms with Crippen molar-refractivity contribution >= 4 is 11.6 Å². The number of hydrogen-bond donors (Lipinski definition) is 0. The van der Waals surface area contributed by atoms with Gasteiger partial charge in [-0.25, -0.2) is 4.39 Å². The number of hydrogen-bond acceptors (Lipinski definition) is 4. The monoisotopic (exact) mass is 369 g/mol. The summed E-state index contributed by atoms with van der Waals surface area (Å²) in [5.74, 6) is -0.509. The van der Waals surface area contributed by atoms with Gasteiger partial charge in [-0.2, -0.15) is 0 Å². The number of rotatable bonds is 6. The third-order valence-corrected chi connectivity index (χ3v) is 5.05. The van der Waals surface area contributed by atoms with E-state index >= 15 is 0 Å². The second-order valence-electron chi connectivity index (χ2n) is 7.04. The molecule has 0 unspecified atom stereocenters. The zero-order valence-electron chi connectivity index (χ0n) is 15.7. The lowest BCUT2D eigenvalue weighted by Crippen LogP contribution is -2.38. The fraction of sp³-hybridized carbons (Fsp3) is 0.364. The van der Waals surface area contributed by atoms with E-state index in [9.17, 15) is 14.0 Å². The lowest BCUT2D eigenvalue weighted by molar-refractivity contribution is 0.0811. The molecule has 5 heteroatoms. The van der Waals surface area contributed by atoms with Crippen LogP contribution in [0.25, 0.3) is 0 Å². The number of Topliss-reactive ketones (excluding diaryl/α,β-unsaturated/α-hetero) is 2. The van der Waals surface area contributed by atoms with Gasteiger partial charge < -0.3 is 4.74 Å². The quantitative estimate of drug-likeness (QED) is 0.718. The number of ketones is 2. The highest BCUT2D eigenvalue weighted by molar-refractivity contribution is 5.98. The van der Waals surface area contributed by atoms with Crippen molar-refractivity contribution < 1.29 is 18.7 Å². The van der Waals surface area contributed by atoms with E-state index in [1.807, 2.05) is 24.3 Å². The van der Waals surface area contributed by atoms with Crippen LogP contribution >= 0.6 is 0 Å². The summed E-state index contributed by atoms with van der Waals surface area (Å²) in [6, 6.07) is 12.0. The SMILES string of the molecule is COc1ccc(C(=O)[C@@H]2CCCN(Cc3cccc(C(C)=O)c3)C2)cc1F. The number of nitrogens with zero attached hydrogens (tertiary/aromatic N) is 1. The molecule has 1 atom stereocenters. The molecule has 2 aromatic rings. The van der Waals surface area contributed by atoms with Gasteiger partial charge in [-0.15, -0.1) is 0 Å². The maximum absolute atomic E-state index is 13.9. The molecule has 142 valence electrons. The summed E-state index contributed by atoms with van der Waals surface area (Å²) in [4.78, 5) is 26.6. The summed E-state index contributed by atoms with van der Waals surface area (Å²) in [5, 5.41) is 0. The highest BCUT2D eigenvalue weighted by atomic mass is 19.1. The maximum atomic E-state index is 13.9. The second-order valence-corrected chi connectivity index (χ2v) is 7.04. The summed E-state index contributed by atoms with van der Waals surface area (Å²) in [5.41, 5.74) is 2.15. The Morgan fingerprint density at radius 2 is 2.00 bits per heavy atom. The number of piperidine rings is 1. The van der Waals surface area contributed by atoms with Gasteiger partial charge in [-0.3, -0.25) is 14.5 Å². The topological polar surface area (TPSA) is 46.6 Å². The Labute approximate surface area is 158 Å². The minimum atomic E-state index is -0.517. The minimum absolute atomic E-state index is 0.0289. The number of ether oxygens (including phenoxy) is 1. The van der Waals surface area contributed by atoms with E-state index in [1.54, 1.807) is 13.0 Å². The van der Waals surface area contributed by atoms with E-state index < -0.39 is 5.82 Å². The van der Waals surface area contributed by atoms with Crippen molar-refractivity contribution in [1.29, 1.82) is 0 Å². The highest BCUT2D eigenvalue weighted by Gasteiger charge is 2.27. The first-order chi connectivity index (χ1) is 13.0. The van der Waals surface area contributed by atoms with Crippen LogP contribution in [-0.4, -0.2) is 36.7 Å². The summed E-state index contributed by atoms with van der Waals surface area (Å²) in [7, 11) is 1.40. The molecule has 2 aromatic carbocycles.